The summed E-state index contributed by atoms with van der Waals surface area (Å²) in [5.41, 5.74) is 2.27. The van der Waals surface area contributed by atoms with Gasteiger partial charge in [0, 0.05) is 5.02 Å². The van der Waals surface area contributed by atoms with E-state index in [0.29, 0.717) is 0 Å². The van der Waals surface area contributed by atoms with Crippen molar-refractivity contribution in [1.29, 1.82) is 0 Å². The molecule has 0 fully saturated rings. The first-order valence-corrected chi connectivity index (χ1v) is 7.46. The molecule has 0 aliphatic carbocycles. The number of amides is 2. The van der Waals surface area contributed by atoms with Gasteiger partial charge in [-0.15, -0.1) is 0 Å². The van der Waals surface area contributed by atoms with Crippen molar-refractivity contribution in [1.82, 2.24) is 5.32 Å². The summed E-state index contributed by atoms with van der Waals surface area (Å²) in [7, 11) is 0. The summed E-state index contributed by atoms with van der Waals surface area (Å²) in [5.74, 6) is -0.564. The van der Waals surface area contributed by atoms with Gasteiger partial charge in [-0.1, -0.05) is 48.4 Å². The number of hydrogen-bond acceptors (Lipinski definition) is 1. The Hall–Kier alpha value is -2.07. The van der Waals surface area contributed by atoms with Crippen LogP contribution in [-0.2, 0) is 0 Å². The Morgan fingerprint density at radius 1 is 1.23 bits per heavy atom. The van der Waals surface area contributed by atoms with E-state index in [1.54, 1.807) is 0 Å². The van der Waals surface area contributed by atoms with Crippen molar-refractivity contribution in [2.75, 3.05) is 5.32 Å². The quantitative estimate of drug-likeness (QED) is 0.812. The van der Waals surface area contributed by atoms with Crippen LogP contribution in [0.1, 0.15) is 30.5 Å². The van der Waals surface area contributed by atoms with Crippen LogP contribution in [0.5, 0.6) is 0 Å². The second kappa shape index (κ2) is 7.27. The second-order valence-corrected chi connectivity index (χ2v) is 5.53. The summed E-state index contributed by atoms with van der Waals surface area (Å²) < 4.78 is 13.7. The lowest BCUT2D eigenvalue weighted by Gasteiger charge is -2.18. The topological polar surface area (TPSA) is 41.1 Å². The van der Waals surface area contributed by atoms with Gasteiger partial charge in [-0.05, 0) is 37.1 Å². The monoisotopic (exact) mass is 320 g/mol. The second-order valence-electron chi connectivity index (χ2n) is 5.09. The molecule has 1 unspecified atom stereocenters. The standard InChI is InChI=1S/C17H18ClFN2O/c1-3-15(12-6-4-11(2)5-7-12)20-17(22)21-16-9-8-13(18)10-14(16)19/h4-10,15H,3H2,1-2H3,(H2,20,21,22). The van der Waals surface area contributed by atoms with Crippen LogP contribution in [0.4, 0.5) is 14.9 Å². The Morgan fingerprint density at radius 2 is 1.91 bits per heavy atom. The molecular weight excluding hydrogens is 303 g/mol. The molecule has 0 spiro atoms. The zero-order valence-corrected chi connectivity index (χ0v) is 13.2. The molecule has 2 aromatic rings. The zero-order chi connectivity index (χ0) is 16.1. The number of carbonyl (C=O) groups is 1. The van der Waals surface area contributed by atoms with Gasteiger partial charge in [-0.3, -0.25) is 0 Å². The SMILES string of the molecule is CCC(NC(=O)Nc1ccc(Cl)cc1F)c1ccc(C)cc1. The lowest BCUT2D eigenvalue weighted by atomic mass is 10.0. The minimum absolute atomic E-state index is 0.0978. The molecule has 2 amide bonds. The van der Waals surface area contributed by atoms with Crippen LogP contribution in [0, 0.1) is 12.7 Å². The Labute approximate surface area is 134 Å². The molecule has 2 aromatic carbocycles. The highest BCUT2D eigenvalue weighted by atomic mass is 35.5. The molecule has 3 nitrogen and oxygen atoms in total. The van der Waals surface area contributed by atoms with Gasteiger partial charge in [-0.2, -0.15) is 0 Å². The molecule has 22 heavy (non-hydrogen) atoms. The van der Waals surface area contributed by atoms with Crippen LogP contribution >= 0.6 is 11.6 Å². The minimum Gasteiger partial charge on any atom is -0.331 e. The first-order chi connectivity index (χ1) is 10.5. The molecule has 0 radical (unpaired) electrons. The third-order valence-corrected chi connectivity index (χ3v) is 3.61. The maximum absolute atomic E-state index is 13.7. The van der Waals surface area contributed by atoms with Gasteiger partial charge in [0.2, 0.25) is 0 Å². The maximum Gasteiger partial charge on any atom is 0.319 e. The van der Waals surface area contributed by atoms with Crippen molar-refractivity contribution >= 4 is 23.3 Å². The molecule has 1 atom stereocenters. The van der Waals surface area contributed by atoms with E-state index in [4.69, 9.17) is 11.6 Å². The number of hydrogen-bond donors (Lipinski definition) is 2. The number of anilines is 1. The summed E-state index contributed by atoms with van der Waals surface area (Å²) in [5, 5.41) is 5.63. The van der Waals surface area contributed by atoms with E-state index in [9.17, 15) is 9.18 Å². The Bertz CT molecular complexity index is 658. The predicted molar refractivity (Wildman–Crippen MR) is 87.8 cm³/mol. The lowest BCUT2D eigenvalue weighted by Crippen LogP contribution is -2.32. The van der Waals surface area contributed by atoms with Gasteiger partial charge >= 0.3 is 6.03 Å². The first kappa shape index (κ1) is 16.3. The number of carbonyl (C=O) groups excluding carboxylic acids is 1. The van der Waals surface area contributed by atoms with Crippen LogP contribution in [0.15, 0.2) is 42.5 Å². The molecule has 2 rings (SSSR count). The number of benzene rings is 2. The van der Waals surface area contributed by atoms with Crippen LogP contribution in [-0.4, -0.2) is 6.03 Å². The van der Waals surface area contributed by atoms with Gasteiger partial charge in [0.15, 0.2) is 0 Å². The van der Waals surface area contributed by atoms with E-state index in [-0.39, 0.29) is 16.8 Å². The molecule has 0 saturated carbocycles. The van der Waals surface area contributed by atoms with E-state index in [0.717, 1.165) is 23.6 Å². The third-order valence-electron chi connectivity index (χ3n) is 3.37. The fraction of sp³-hybridized carbons (Fsp3) is 0.235. The number of aryl methyl sites for hydroxylation is 1. The zero-order valence-electron chi connectivity index (χ0n) is 12.5. The third kappa shape index (κ3) is 4.21. The number of halogens is 2. The van der Waals surface area contributed by atoms with Gasteiger partial charge in [0.25, 0.3) is 0 Å². The van der Waals surface area contributed by atoms with Gasteiger partial charge in [0.1, 0.15) is 5.82 Å². The van der Waals surface area contributed by atoms with Crippen LogP contribution in [0.25, 0.3) is 0 Å². The van der Waals surface area contributed by atoms with E-state index < -0.39 is 11.8 Å². The van der Waals surface area contributed by atoms with Crippen molar-refractivity contribution < 1.29 is 9.18 Å². The summed E-state index contributed by atoms with van der Waals surface area (Å²) in [4.78, 5) is 12.0. The van der Waals surface area contributed by atoms with E-state index in [1.165, 1.54) is 12.1 Å². The highest BCUT2D eigenvalue weighted by Crippen LogP contribution is 2.20. The Morgan fingerprint density at radius 3 is 2.50 bits per heavy atom. The van der Waals surface area contributed by atoms with Crippen molar-refractivity contribution in [3.05, 3.63) is 64.4 Å². The average molecular weight is 321 g/mol. The first-order valence-electron chi connectivity index (χ1n) is 7.08. The fourth-order valence-electron chi connectivity index (χ4n) is 2.13. The van der Waals surface area contributed by atoms with E-state index >= 15 is 0 Å². The Balaban J connectivity index is 2.04. The van der Waals surface area contributed by atoms with Gasteiger partial charge in [-0.25, -0.2) is 9.18 Å². The molecule has 0 aliphatic heterocycles. The Kier molecular flexibility index (Phi) is 5.39. The summed E-state index contributed by atoms with van der Waals surface area (Å²) >= 11 is 5.68. The van der Waals surface area contributed by atoms with Crippen molar-refractivity contribution in [2.24, 2.45) is 0 Å². The van der Waals surface area contributed by atoms with E-state index in [2.05, 4.69) is 10.6 Å². The number of urea groups is 1. The molecule has 2 N–H and O–H groups in total. The van der Waals surface area contributed by atoms with Crippen LogP contribution < -0.4 is 10.6 Å². The molecule has 0 aromatic heterocycles. The molecule has 5 heteroatoms. The smallest absolute Gasteiger partial charge is 0.319 e. The van der Waals surface area contributed by atoms with Crippen molar-refractivity contribution in [2.45, 2.75) is 26.3 Å². The summed E-state index contributed by atoms with van der Waals surface area (Å²) in [6.07, 6.45) is 0.736. The van der Waals surface area contributed by atoms with Crippen LogP contribution in [0.2, 0.25) is 5.02 Å². The predicted octanol–water partition coefficient (Wildman–Crippen LogP) is 5.06. The highest BCUT2D eigenvalue weighted by Gasteiger charge is 2.14. The largest absolute Gasteiger partial charge is 0.331 e. The summed E-state index contributed by atoms with van der Waals surface area (Å²) in [6.45, 7) is 3.99. The lowest BCUT2D eigenvalue weighted by molar-refractivity contribution is 0.248. The average Bonchev–Trinajstić information content (AvgIpc) is 2.49. The van der Waals surface area contributed by atoms with Gasteiger partial charge in [0.05, 0.1) is 11.7 Å². The van der Waals surface area contributed by atoms with Crippen molar-refractivity contribution in [3.8, 4) is 0 Å². The number of nitrogens with one attached hydrogen (secondary N) is 2. The fourth-order valence-corrected chi connectivity index (χ4v) is 2.29. The van der Waals surface area contributed by atoms with E-state index in [1.807, 2.05) is 38.1 Å². The normalized spacial score (nSPS) is 11.8. The van der Waals surface area contributed by atoms with Gasteiger partial charge < -0.3 is 10.6 Å². The number of rotatable bonds is 4. The molecule has 0 saturated heterocycles. The molecule has 116 valence electrons. The highest BCUT2D eigenvalue weighted by molar-refractivity contribution is 6.30. The van der Waals surface area contributed by atoms with Crippen LogP contribution in [0.3, 0.4) is 0 Å². The van der Waals surface area contributed by atoms with Crippen molar-refractivity contribution in [3.63, 3.8) is 0 Å². The minimum atomic E-state index is -0.564. The molecular formula is C17H18ClFN2O. The molecule has 0 aliphatic rings. The molecule has 0 heterocycles. The summed E-state index contributed by atoms with van der Waals surface area (Å²) in [6, 6.07) is 11.5. The maximum atomic E-state index is 13.7. The molecule has 0 bridgehead atoms.